The molecule has 0 saturated heterocycles. The monoisotopic (exact) mass is 382 g/mol. The molecule has 0 amide bonds. The number of ether oxygens (including phenoxy) is 3. The van der Waals surface area contributed by atoms with E-state index in [1.165, 1.54) is 6.07 Å². The first-order valence-corrected chi connectivity index (χ1v) is 8.56. The second kappa shape index (κ2) is 8.48. The van der Waals surface area contributed by atoms with Crippen LogP contribution in [-0.4, -0.2) is 36.3 Å². The predicted octanol–water partition coefficient (Wildman–Crippen LogP) is 2.34. The molecule has 0 unspecified atom stereocenters. The van der Waals surface area contributed by atoms with Gasteiger partial charge in [-0.15, -0.1) is 11.3 Å². The van der Waals surface area contributed by atoms with E-state index in [4.69, 9.17) is 24.5 Å². The first-order chi connectivity index (χ1) is 12.4. The molecule has 2 N–H and O–H groups in total. The van der Waals surface area contributed by atoms with Gasteiger partial charge in [-0.3, -0.25) is 0 Å². The van der Waals surface area contributed by atoms with E-state index >= 15 is 0 Å². The van der Waals surface area contributed by atoms with Crippen molar-refractivity contribution in [3.63, 3.8) is 0 Å². The Bertz CT molecular complexity index is 825. The van der Waals surface area contributed by atoms with E-state index in [1.807, 2.05) is 0 Å². The van der Waals surface area contributed by atoms with Crippen molar-refractivity contribution in [2.75, 3.05) is 18.9 Å². The van der Waals surface area contributed by atoms with Crippen LogP contribution >= 0.6 is 11.3 Å². The van der Waals surface area contributed by atoms with Crippen LogP contribution in [0.3, 0.4) is 0 Å². The average molecular weight is 382 g/mol. The van der Waals surface area contributed by atoms with Gasteiger partial charge in [-0.25, -0.2) is 14.4 Å². The third-order valence-electron chi connectivity index (χ3n) is 3.15. The lowest BCUT2D eigenvalue weighted by molar-refractivity contribution is 0.0401. The zero-order chi connectivity index (χ0) is 19.3. The van der Waals surface area contributed by atoms with E-state index in [0.717, 1.165) is 11.3 Å². The van der Waals surface area contributed by atoms with E-state index in [2.05, 4.69) is 5.16 Å². The van der Waals surface area contributed by atoms with Crippen LogP contribution in [0.15, 0.2) is 10.6 Å². The van der Waals surface area contributed by atoms with Crippen molar-refractivity contribution < 1.29 is 33.1 Å². The maximum atomic E-state index is 12.2. The zero-order valence-electron chi connectivity index (χ0n) is 14.5. The number of rotatable bonds is 7. The van der Waals surface area contributed by atoms with Gasteiger partial charge >= 0.3 is 17.9 Å². The van der Waals surface area contributed by atoms with Crippen molar-refractivity contribution in [3.8, 4) is 0 Å². The van der Waals surface area contributed by atoms with Crippen molar-refractivity contribution in [2.45, 2.75) is 27.4 Å². The quantitative estimate of drug-likeness (QED) is 0.566. The minimum atomic E-state index is -0.792. The molecule has 140 valence electrons. The highest BCUT2D eigenvalue weighted by Gasteiger charge is 2.29. The number of aryl methyl sites for hydroxylation is 1. The molecule has 2 aromatic rings. The molecule has 0 aliphatic carbocycles. The Balaban J connectivity index is 2.31. The fourth-order valence-corrected chi connectivity index (χ4v) is 3.03. The lowest BCUT2D eigenvalue weighted by atomic mass is 10.1. The summed E-state index contributed by atoms with van der Waals surface area (Å²) in [6.45, 7) is 4.82. The van der Waals surface area contributed by atoms with E-state index in [-0.39, 0.29) is 46.6 Å². The minimum absolute atomic E-state index is 0.0125. The molecule has 0 aromatic carbocycles. The second-order valence-electron chi connectivity index (χ2n) is 5.00. The third kappa shape index (κ3) is 4.20. The first-order valence-electron chi connectivity index (χ1n) is 7.74. The molecule has 2 heterocycles. The maximum absolute atomic E-state index is 12.2. The average Bonchev–Trinajstić information content (AvgIpc) is 3.16. The number of hydrogen-bond acceptors (Lipinski definition) is 10. The lowest BCUT2D eigenvalue weighted by Gasteiger charge is -2.08. The second-order valence-corrected chi connectivity index (χ2v) is 6.05. The minimum Gasteiger partial charge on any atom is -0.462 e. The summed E-state index contributed by atoms with van der Waals surface area (Å²) in [5, 5.41) is 3.67. The largest absolute Gasteiger partial charge is 0.462 e. The van der Waals surface area contributed by atoms with E-state index in [0.29, 0.717) is 5.69 Å². The summed E-state index contributed by atoms with van der Waals surface area (Å²) in [6.07, 6.45) is 0. The fourth-order valence-electron chi connectivity index (χ4n) is 2.08. The van der Waals surface area contributed by atoms with Crippen LogP contribution in [-0.2, 0) is 20.8 Å². The van der Waals surface area contributed by atoms with Crippen LogP contribution < -0.4 is 5.73 Å². The number of esters is 3. The Morgan fingerprint density at radius 3 is 2.35 bits per heavy atom. The summed E-state index contributed by atoms with van der Waals surface area (Å²) >= 11 is 0.870. The summed E-state index contributed by atoms with van der Waals surface area (Å²) in [5.74, 6) is -2.26. The molecule has 10 heteroatoms. The van der Waals surface area contributed by atoms with Crippen molar-refractivity contribution in [1.29, 1.82) is 0 Å². The van der Waals surface area contributed by atoms with Gasteiger partial charge in [0, 0.05) is 11.6 Å². The molecule has 0 fully saturated rings. The predicted molar refractivity (Wildman–Crippen MR) is 91.0 cm³/mol. The van der Waals surface area contributed by atoms with Gasteiger partial charge in [0.2, 0.25) is 5.76 Å². The molecule has 0 aliphatic heterocycles. The lowest BCUT2D eigenvalue weighted by Crippen LogP contribution is -2.14. The van der Waals surface area contributed by atoms with E-state index in [1.54, 1.807) is 20.8 Å². The number of carbonyl (C=O) groups excluding carboxylic acids is 3. The SMILES string of the molecule is CCOC(=O)c1sc(N)c(C(=O)OCC)c1COC(=O)c1cc(C)no1. The highest BCUT2D eigenvalue weighted by molar-refractivity contribution is 7.18. The Morgan fingerprint density at radius 2 is 1.77 bits per heavy atom. The number of anilines is 1. The maximum Gasteiger partial charge on any atom is 0.377 e. The van der Waals surface area contributed by atoms with E-state index < -0.39 is 17.9 Å². The fraction of sp³-hybridized carbons (Fsp3) is 0.375. The van der Waals surface area contributed by atoms with Gasteiger partial charge in [0.15, 0.2) is 0 Å². The third-order valence-corrected chi connectivity index (χ3v) is 4.19. The van der Waals surface area contributed by atoms with Gasteiger partial charge in [0.05, 0.1) is 18.9 Å². The number of nitrogens with zero attached hydrogens (tertiary/aromatic N) is 1. The van der Waals surface area contributed by atoms with Gasteiger partial charge in [0.25, 0.3) is 0 Å². The summed E-state index contributed by atoms with van der Waals surface area (Å²) in [4.78, 5) is 36.4. The molecule has 0 spiro atoms. The molecule has 2 rings (SSSR count). The van der Waals surface area contributed by atoms with Gasteiger partial charge in [0.1, 0.15) is 22.0 Å². The van der Waals surface area contributed by atoms with Gasteiger partial charge < -0.3 is 24.5 Å². The van der Waals surface area contributed by atoms with Crippen LogP contribution in [0.1, 0.15) is 55.7 Å². The number of thiophene rings is 1. The molecule has 0 bridgehead atoms. The summed E-state index contributed by atoms with van der Waals surface area (Å²) < 4.78 is 19.9. The molecule has 0 saturated carbocycles. The Hall–Kier alpha value is -2.88. The first kappa shape index (κ1) is 19.4. The Kier molecular flexibility index (Phi) is 6.34. The van der Waals surface area contributed by atoms with Crippen LogP contribution in [0, 0.1) is 6.92 Å². The van der Waals surface area contributed by atoms with E-state index in [9.17, 15) is 14.4 Å². The van der Waals surface area contributed by atoms with Crippen LogP contribution in [0.5, 0.6) is 0 Å². The molecule has 0 aliphatic rings. The molecule has 0 atom stereocenters. The number of hydrogen-bond donors (Lipinski definition) is 1. The van der Waals surface area contributed by atoms with Crippen molar-refractivity contribution in [1.82, 2.24) is 5.16 Å². The van der Waals surface area contributed by atoms with Crippen LogP contribution in [0.2, 0.25) is 0 Å². The summed E-state index contributed by atoms with van der Waals surface area (Å²) in [5.41, 5.74) is 6.50. The molecular formula is C16H18N2O7S. The zero-order valence-corrected chi connectivity index (χ0v) is 15.3. The normalized spacial score (nSPS) is 10.4. The standard InChI is InChI=1S/C16H18N2O7S/c1-4-22-15(20)11-9(12(26-13(11)17)16(21)23-5-2)7-24-14(19)10-6-8(3)18-25-10/h6H,4-5,7,17H2,1-3H3. The Labute approximate surface area is 153 Å². The van der Waals surface area contributed by atoms with Crippen LogP contribution in [0.25, 0.3) is 0 Å². The number of nitrogen functional groups attached to an aromatic ring is 1. The van der Waals surface area contributed by atoms with Crippen molar-refractivity contribution in [2.24, 2.45) is 0 Å². The van der Waals surface area contributed by atoms with Crippen molar-refractivity contribution >= 4 is 34.2 Å². The smallest absolute Gasteiger partial charge is 0.377 e. The Morgan fingerprint density at radius 1 is 1.12 bits per heavy atom. The molecule has 2 aromatic heterocycles. The van der Waals surface area contributed by atoms with Crippen molar-refractivity contribution in [3.05, 3.63) is 33.5 Å². The molecule has 0 radical (unpaired) electrons. The molecule has 26 heavy (non-hydrogen) atoms. The van der Waals surface area contributed by atoms with Gasteiger partial charge in [-0.2, -0.15) is 0 Å². The summed E-state index contributed by atoms with van der Waals surface area (Å²) in [6, 6.07) is 1.41. The molecule has 9 nitrogen and oxygen atoms in total. The highest BCUT2D eigenvalue weighted by atomic mass is 32.1. The van der Waals surface area contributed by atoms with Gasteiger partial charge in [-0.1, -0.05) is 5.16 Å². The highest BCUT2D eigenvalue weighted by Crippen LogP contribution is 2.33. The van der Waals surface area contributed by atoms with Crippen LogP contribution in [0.4, 0.5) is 5.00 Å². The number of aromatic nitrogens is 1. The van der Waals surface area contributed by atoms with Gasteiger partial charge in [-0.05, 0) is 20.8 Å². The molecular weight excluding hydrogens is 364 g/mol. The number of nitrogens with two attached hydrogens (primary N) is 1. The summed E-state index contributed by atoms with van der Waals surface area (Å²) in [7, 11) is 0. The number of carbonyl (C=O) groups is 3. The topological polar surface area (TPSA) is 131 Å².